The van der Waals surface area contributed by atoms with Crippen molar-refractivity contribution in [3.63, 3.8) is 0 Å². The Morgan fingerprint density at radius 1 is 1.10 bits per heavy atom. The average Bonchev–Trinajstić information content (AvgIpc) is 3.01. The molecule has 0 aliphatic carbocycles. The monoisotopic (exact) mass is 314 g/mol. The Labute approximate surface area is 131 Å². The predicted octanol–water partition coefficient (Wildman–Crippen LogP) is 6.64. The molecule has 21 heavy (non-hydrogen) atoms. The smallest absolute Gasteiger partial charge is 0.00276 e. The highest BCUT2D eigenvalue weighted by Gasteiger charge is 2.62. The molecule has 0 saturated carbocycles. The Bertz CT molecular complexity index is 670. The normalized spacial score (nSPS) is 41.2. The lowest BCUT2D eigenvalue weighted by Crippen LogP contribution is -2.32. The first-order valence-electron chi connectivity index (χ1n) is 7.97. The summed E-state index contributed by atoms with van der Waals surface area (Å²) in [6.45, 7) is 12.3. The molecule has 3 aliphatic heterocycles. The molecule has 4 rings (SSSR count). The van der Waals surface area contributed by atoms with E-state index in [-0.39, 0.29) is 15.2 Å². The number of rotatable bonds is 1. The summed E-state index contributed by atoms with van der Waals surface area (Å²) in [4.78, 5) is 0. The van der Waals surface area contributed by atoms with Crippen LogP contribution in [0.4, 0.5) is 0 Å². The molecule has 0 spiro atoms. The fourth-order valence-corrected chi connectivity index (χ4v) is 17.3. The summed E-state index contributed by atoms with van der Waals surface area (Å²) in [5.41, 5.74) is 6.35. The van der Waals surface area contributed by atoms with E-state index in [1.165, 1.54) is 11.7 Å². The van der Waals surface area contributed by atoms with Crippen LogP contribution >= 0.6 is 15.2 Å². The van der Waals surface area contributed by atoms with Crippen molar-refractivity contribution in [2.75, 3.05) is 6.16 Å². The van der Waals surface area contributed by atoms with Gasteiger partial charge in [-0.05, 0) is 64.3 Å². The lowest BCUT2D eigenvalue weighted by molar-refractivity contribution is 0.390. The van der Waals surface area contributed by atoms with Gasteiger partial charge in [-0.3, -0.25) is 0 Å². The maximum atomic E-state index is 2.57. The Morgan fingerprint density at radius 2 is 1.76 bits per heavy atom. The summed E-state index contributed by atoms with van der Waals surface area (Å²) in [7, 11) is 0.159. The maximum Gasteiger partial charge on any atom is 0.00276 e. The second-order valence-electron chi connectivity index (χ2n) is 7.16. The van der Waals surface area contributed by atoms with Crippen LogP contribution in [0.2, 0.25) is 0 Å². The molecule has 1 aromatic rings. The topological polar surface area (TPSA) is 0 Å². The number of fused-ring (bicyclic) bond motifs is 5. The van der Waals surface area contributed by atoms with E-state index in [1.807, 2.05) is 0 Å². The first-order chi connectivity index (χ1) is 9.97. The van der Waals surface area contributed by atoms with Crippen LogP contribution in [-0.4, -0.2) is 11.8 Å². The molecule has 0 amide bonds. The highest BCUT2D eigenvalue weighted by Crippen LogP contribution is 2.96. The summed E-state index contributed by atoms with van der Waals surface area (Å²) in [6.07, 6.45) is 1.46. The third-order valence-electron chi connectivity index (χ3n) is 6.24. The molecule has 3 aliphatic rings. The minimum absolute atomic E-state index is 0.0571. The van der Waals surface area contributed by atoms with Crippen molar-refractivity contribution in [1.82, 2.24) is 0 Å². The Morgan fingerprint density at radius 3 is 2.43 bits per heavy atom. The molecule has 0 radical (unpaired) electrons. The average molecular weight is 314 g/mol. The molecule has 1 aromatic carbocycles. The molecule has 2 bridgehead atoms. The van der Waals surface area contributed by atoms with Gasteiger partial charge < -0.3 is 0 Å². The van der Waals surface area contributed by atoms with Crippen LogP contribution in [0.15, 0.2) is 46.8 Å². The highest BCUT2D eigenvalue weighted by atomic mass is 32.1. The van der Waals surface area contributed by atoms with Crippen molar-refractivity contribution >= 4 is 20.5 Å². The van der Waals surface area contributed by atoms with E-state index >= 15 is 0 Å². The van der Waals surface area contributed by atoms with Gasteiger partial charge in [0.25, 0.3) is 0 Å². The Balaban J connectivity index is 1.89. The van der Waals surface area contributed by atoms with Gasteiger partial charge in [0.2, 0.25) is 0 Å². The van der Waals surface area contributed by atoms with E-state index in [1.54, 1.807) is 21.8 Å². The van der Waals surface area contributed by atoms with Gasteiger partial charge in [-0.15, -0.1) is 0 Å². The summed E-state index contributed by atoms with van der Waals surface area (Å²) in [5, 5.41) is 3.55. The van der Waals surface area contributed by atoms with E-state index in [0.717, 1.165) is 11.6 Å². The van der Waals surface area contributed by atoms with Gasteiger partial charge in [-0.1, -0.05) is 55.3 Å². The zero-order chi connectivity index (χ0) is 14.9. The molecule has 1 saturated heterocycles. The van der Waals surface area contributed by atoms with Crippen molar-refractivity contribution in [2.45, 2.75) is 40.3 Å². The van der Waals surface area contributed by atoms with Crippen LogP contribution in [0.25, 0.3) is 5.31 Å². The maximum absolute atomic E-state index is 2.57. The largest absolute Gasteiger partial charge is 0.0661 e. The number of benzene rings is 1. The molecular formula is C19H24P2. The SMILES string of the molecule is CC1=C(C)P2[C@@H](C1C)[C@]1(C)CP2C(c2ccccc2)=C1C. The molecule has 110 valence electrons. The van der Waals surface area contributed by atoms with Crippen LogP contribution in [0.5, 0.6) is 0 Å². The van der Waals surface area contributed by atoms with E-state index in [2.05, 4.69) is 65.0 Å². The van der Waals surface area contributed by atoms with Gasteiger partial charge in [0.05, 0.1) is 0 Å². The van der Waals surface area contributed by atoms with Gasteiger partial charge >= 0.3 is 0 Å². The van der Waals surface area contributed by atoms with E-state index in [9.17, 15) is 0 Å². The van der Waals surface area contributed by atoms with Crippen LogP contribution in [-0.2, 0) is 0 Å². The lowest BCUT2D eigenvalue weighted by Gasteiger charge is -2.38. The molecule has 0 aromatic heterocycles. The first kappa shape index (κ1) is 14.2. The van der Waals surface area contributed by atoms with Crippen LogP contribution in [0, 0.1) is 11.3 Å². The standard InChI is InChI=1S/C19H24P2/c1-12-13(2)18-19(5)11-20(21(18)15(12)4)17(14(19)3)16-9-7-6-8-10-16/h6-10,13,18H,11H2,1-5H3/t13?,18-,19+,20?,21?/m0/s1. The quantitative estimate of drug-likeness (QED) is 0.509. The van der Waals surface area contributed by atoms with Crippen LogP contribution in [0.1, 0.15) is 40.2 Å². The van der Waals surface area contributed by atoms with Crippen LogP contribution < -0.4 is 0 Å². The Kier molecular flexibility index (Phi) is 3.06. The van der Waals surface area contributed by atoms with Gasteiger partial charge in [-0.2, -0.15) is 0 Å². The van der Waals surface area contributed by atoms with Crippen molar-refractivity contribution in [3.05, 3.63) is 52.4 Å². The van der Waals surface area contributed by atoms with Crippen LogP contribution in [0.3, 0.4) is 0 Å². The molecule has 0 N–H and O–H groups in total. The predicted molar refractivity (Wildman–Crippen MR) is 97.2 cm³/mol. The number of hydrogen-bond donors (Lipinski definition) is 0. The zero-order valence-electron chi connectivity index (χ0n) is 13.6. The third kappa shape index (κ3) is 1.64. The minimum Gasteiger partial charge on any atom is -0.0661 e. The number of hydrogen-bond acceptors (Lipinski definition) is 0. The van der Waals surface area contributed by atoms with Crippen molar-refractivity contribution in [2.24, 2.45) is 11.3 Å². The summed E-state index contributed by atoms with van der Waals surface area (Å²) in [6, 6.07) is 11.2. The van der Waals surface area contributed by atoms with Gasteiger partial charge in [0, 0.05) is 11.1 Å². The number of allylic oxidation sites excluding steroid dienone is 3. The third-order valence-corrected chi connectivity index (χ3v) is 15.6. The molecule has 3 unspecified atom stereocenters. The first-order valence-corrected chi connectivity index (χ1v) is 11.6. The highest BCUT2D eigenvalue weighted by molar-refractivity contribution is 8.36. The molecule has 1 fully saturated rings. The summed E-state index contributed by atoms with van der Waals surface area (Å²) < 4.78 is 0. The summed E-state index contributed by atoms with van der Waals surface area (Å²) >= 11 is 0. The van der Waals surface area contributed by atoms with Crippen molar-refractivity contribution in [3.8, 4) is 0 Å². The van der Waals surface area contributed by atoms with Gasteiger partial charge in [0.15, 0.2) is 0 Å². The fourth-order valence-electron chi connectivity index (χ4n) is 4.75. The van der Waals surface area contributed by atoms with Gasteiger partial charge in [0.1, 0.15) is 0 Å². The molecule has 2 heteroatoms. The molecular weight excluding hydrogens is 290 g/mol. The molecule has 0 nitrogen and oxygen atoms in total. The minimum atomic E-state index is 0.0571. The Hall–Kier alpha value is -0.440. The van der Waals surface area contributed by atoms with E-state index in [0.29, 0.717) is 5.41 Å². The molecule has 5 atom stereocenters. The fraction of sp³-hybridized carbons (Fsp3) is 0.474. The van der Waals surface area contributed by atoms with Crippen molar-refractivity contribution in [1.29, 1.82) is 0 Å². The van der Waals surface area contributed by atoms with E-state index < -0.39 is 0 Å². The summed E-state index contributed by atoms with van der Waals surface area (Å²) in [5.74, 6) is 0.806. The lowest BCUT2D eigenvalue weighted by atomic mass is 9.75. The molecule has 3 heterocycles. The second kappa shape index (κ2) is 4.53. The zero-order valence-corrected chi connectivity index (χ0v) is 15.4. The van der Waals surface area contributed by atoms with Crippen molar-refractivity contribution < 1.29 is 0 Å². The van der Waals surface area contributed by atoms with E-state index in [4.69, 9.17) is 0 Å². The second-order valence-corrected chi connectivity index (χ2v) is 13.4. The van der Waals surface area contributed by atoms with Gasteiger partial charge in [-0.25, -0.2) is 0 Å².